The molecule has 0 fully saturated rings. The van der Waals surface area contributed by atoms with Gasteiger partial charge in [-0.05, 0) is 53.3 Å². The summed E-state index contributed by atoms with van der Waals surface area (Å²) in [6, 6.07) is 19.2. The minimum atomic E-state index is 0.333. The van der Waals surface area contributed by atoms with E-state index in [-0.39, 0.29) is 0 Å². The van der Waals surface area contributed by atoms with Crippen LogP contribution in [-0.4, -0.2) is 0 Å². The lowest BCUT2D eigenvalue weighted by Gasteiger charge is -2.15. The van der Waals surface area contributed by atoms with Gasteiger partial charge in [-0.3, -0.25) is 0 Å². The van der Waals surface area contributed by atoms with E-state index >= 15 is 0 Å². The van der Waals surface area contributed by atoms with Crippen LogP contribution in [-0.2, 0) is 0 Å². The molecule has 1 atom stereocenters. The van der Waals surface area contributed by atoms with Gasteiger partial charge in [-0.1, -0.05) is 36.4 Å². The van der Waals surface area contributed by atoms with Crippen molar-refractivity contribution in [2.24, 2.45) is 0 Å². The Bertz CT molecular complexity index is 453. The van der Waals surface area contributed by atoms with Crippen LogP contribution >= 0.6 is 22.6 Å². The Morgan fingerprint density at radius 2 is 1.75 bits per heavy atom. The number of rotatable bonds is 3. The Morgan fingerprint density at radius 3 is 2.44 bits per heavy atom. The fraction of sp³-hybridized carbons (Fsp3) is 0.143. The lowest BCUT2D eigenvalue weighted by Crippen LogP contribution is -2.06. The van der Waals surface area contributed by atoms with Crippen LogP contribution in [0.3, 0.4) is 0 Å². The highest BCUT2D eigenvalue weighted by molar-refractivity contribution is 14.1. The first kappa shape index (κ1) is 11.5. The van der Waals surface area contributed by atoms with E-state index in [1.54, 1.807) is 0 Å². The van der Waals surface area contributed by atoms with Gasteiger partial charge >= 0.3 is 0 Å². The lowest BCUT2D eigenvalue weighted by molar-refractivity contribution is 0.885. The second-order valence-corrected chi connectivity index (χ2v) is 5.03. The average Bonchev–Trinajstić information content (AvgIpc) is 2.30. The van der Waals surface area contributed by atoms with Gasteiger partial charge in [0.05, 0.1) is 0 Å². The molecule has 0 bridgehead atoms. The van der Waals surface area contributed by atoms with Crippen LogP contribution in [0.5, 0.6) is 0 Å². The molecule has 16 heavy (non-hydrogen) atoms. The Morgan fingerprint density at radius 1 is 1.00 bits per heavy atom. The van der Waals surface area contributed by atoms with Crippen molar-refractivity contribution in [2.45, 2.75) is 13.0 Å². The maximum absolute atomic E-state index is 3.49. The van der Waals surface area contributed by atoms with Gasteiger partial charge in [0.1, 0.15) is 0 Å². The fourth-order valence-electron chi connectivity index (χ4n) is 1.65. The van der Waals surface area contributed by atoms with Gasteiger partial charge in [-0.25, -0.2) is 0 Å². The van der Waals surface area contributed by atoms with Crippen LogP contribution in [0, 0.1) is 3.57 Å². The molecule has 0 saturated carbocycles. The molecule has 0 amide bonds. The van der Waals surface area contributed by atoms with E-state index in [4.69, 9.17) is 0 Å². The van der Waals surface area contributed by atoms with Gasteiger partial charge in [0.25, 0.3) is 0 Å². The van der Waals surface area contributed by atoms with E-state index in [1.165, 1.54) is 14.8 Å². The predicted molar refractivity (Wildman–Crippen MR) is 77.6 cm³/mol. The third kappa shape index (κ3) is 2.98. The van der Waals surface area contributed by atoms with Crippen molar-refractivity contribution < 1.29 is 0 Å². The van der Waals surface area contributed by atoms with Crippen molar-refractivity contribution >= 4 is 28.3 Å². The number of benzene rings is 2. The number of hydrogen-bond donors (Lipinski definition) is 1. The average molecular weight is 323 g/mol. The van der Waals surface area contributed by atoms with Crippen LogP contribution in [0.15, 0.2) is 54.6 Å². The van der Waals surface area contributed by atoms with Crippen LogP contribution in [0.2, 0.25) is 0 Å². The molecule has 0 saturated heterocycles. The summed E-state index contributed by atoms with van der Waals surface area (Å²) in [6.07, 6.45) is 0. The van der Waals surface area contributed by atoms with E-state index in [9.17, 15) is 0 Å². The third-order valence-corrected chi connectivity index (χ3v) is 3.18. The molecule has 2 aromatic carbocycles. The zero-order valence-electron chi connectivity index (χ0n) is 9.15. The molecule has 2 heteroatoms. The smallest absolute Gasteiger partial charge is 0.0485 e. The van der Waals surface area contributed by atoms with E-state index < -0.39 is 0 Å². The molecule has 0 aliphatic rings. The first-order valence-electron chi connectivity index (χ1n) is 5.33. The number of anilines is 1. The Kier molecular flexibility index (Phi) is 3.83. The minimum absolute atomic E-state index is 0.333. The maximum Gasteiger partial charge on any atom is 0.0485 e. The Balaban J connectivity index is 2.11. The van der Waals surface area contributed by atoms with Crippen LogP contribution in [0.4, 0.5) is 5.69 Å². The summed E-state index contributed by atoms with van der Waals surface area (Å²) in [7, 11) is 0. The van der Waals surface area contributed by atoms with Gasteiger partial charge in [0, 0.05) is 15.3 Å². The first-order chi connectivity index (χ1) is 7.75. The summed E-state index contributed by atoms with van der Waals surface area (Å²) < 4.78 is 1.25. The predicted octanol–water partition coefficient (Wildman–Crippen LogP) is 4.46. The Hall–Kier alpha value is -1.03. The quantitative estimate of drug-likeness (QED) is 0.822. The molecule has 0 spiro atoms. The normalized spacial score (nSPS) is 12.1. The molecular formula is C14H14IN. The number of halogens is 1. The summed E-state index contributed by atoms with van der Waals surface area (Å²) in [5.41, 5.74) is 2.48. The van der Waals surface area contributed by atoms with Crippen molar-refractivity contribution in [2.75, 3.05) is 5.32 Å². The molecule has 0 aromatic heterocycles. The van der Waals surface area contributed by atoms with Gasteiger partial charge in [-0.15, -0.1) is 0 Å². The first-order valence-corrected chi connectivity index (χ1v) is 6.40. The summed E-state index contributed by atoms with van der Waals surface area (Å²) >= 11 is 2.33. The second kappa shape index (κ2) is 5.34. The SMILES string of the molecule is CC(Nc1cccc(I)c1)c1ccccc1. The summed E-state index contributed by atoms with van der Waals surface area (Å²) in [5, 5.41) is 3.49. The van der Waals surface area contributed by atoms with Crippen molar-refractivity contribution in [3.63, 3.8) is 0 Å². The molecule has 0 heterocycles. The molecule has 1 N–H and O–H groups in total. The van der Waals surface area contributed by atoms with Crippen LogP contribution < -0.4 is 5.32 Å². The molecule has 1 unspecified atom stereocenters. The van der Waals surface area contributed by atoms with Gasteiger partial charge in [0.15, 0.2) is 0 Å². The molecule has 0 aliphatic carbocycles. The highest BCUT2D eigenvalue weighted by atomic mass is 127. The zero-order chi connectivity index (χ0) is 11.4. The molecule has 0 radical (unpaired) electrons. The van der Waals surface area contributed by atoms with Crippen molar-refractivity contribution in [3.8, 4) is 0 Å². The zero-order valence-corrected chi connectivity index (χ0v) is 11.3. The summed E-state index contributed by atoms with van der Waals surface area (Å²) in [4.78, 5) is 0. The minimum Gasteiger partial charge on any atom is -0.378 e. The topological polar surface area (TPSA) is 12.0 Å². The van der Waals surface area contributed by atoms with Crippen LogP contribution in [0.25, 0.3) is 0 Å². The molecule has 82 valence electrons. The maximum atomic E-state index is 3.49. The third-order valence-electron chi connectivity index (χ3n) is 2.51. The monoisotopic (exact) mass is 323 g/mol. The molecule has 2 aromatic rings. The fourth-order valence-corrected chi connectivity index (χ4v) is 2.20. The van der Waals surface area contributed by atoms with E-state index in [0.717, 1.165) is 0 Å². The molecule has 2 rings (SSSR count). The molecule has 0 aliphatic heterocycles. The van der Waals surface area contributed by atoms with E-state index in [0.29, 0.717) is 6.04 Å². The standard InChI is InChI=1S/C14H14IN/c1-11(12-6-3-2-4-7-12)16-14-9-5-8-13(15)10-14/h2-11,16H,1H3. The summed E-state index contributed by atoms with van der Waals surface area (Å²) in [6.45, 7) is 2.18. The second-order valence-electron chi connectivity index (χ2n) is 3.79. The lowest BCUT2D eigenvalue weighted by atomic mass is 10.1. The van der Waals surface area contributed by atoms with E-state index in [2.05, 4.69) is 83.4 Å². The van der Waals surface area contributed by atoms with Gasteiger partial charge in [0.2, 0.25) is 0 Å². The number of nitrogens with one attached hydrogen (secondary N) is 1. The molecule has 1 nitrogen and oxygen atoms in total. The summed E-state index contributed by atoms with van der Waals surface area (Å²) in [5.74, 6) is 0. The highest BCUT2D eigenvalue weighted by Crippen LogP contribution is 2.20. The van der Waals surface area contributed by atoms with Gasteiger partial charge in [-0.2, -0.15) is 0 Å². The Labute approximate surface area is 110 Å². The largest absolute Gasteiger partial charge is 0.378 e. The van der Waals surface area contributed by atoms with Gasteiger partial charge < -0.3 is 5.32 Å². The highest BCUT2D eigenvalue weighted by Gasteiger charge is 2.03. The van der Waals surface area contributed by atoms with Crippen LogP contribution in [0.1, 0.15) is 18.5 Å². The molecular weight excluding hydrogens is 309 g/mol. The number of hydrogen-bond acceptors (Lipinski definition) is 1. The van der Waals surface area contributed by atoms with Crippen molar-refractivity contribution in [1.82, 2.24) is 0 Å². The van der Waals surface area contributed by atoms with Crippen molar-refractivity contribution in [1.29, 1.82) is 0 Å². The van der Waals surface area contributed by atoms with Crippen molar-refractivity contribution in [3.05, 3.63) is 63.7 Å². The van der Waals surface area contributed by atoms with E-state index in [1.807, 2.05) is 6.07 Å².